The lowest BCUT2D eigenvalue weighted by atomic mass is 10.2. The van der Waals surface area contributed by atoms with E-state index in [1.54, 1.807) is 6.07 Å². The lowest BCUT2D eigenvalue weighted by Gasteiger charge is -2.09. The van der Waals surface area contributed by atoms with Crippen LogP contribution >= 0.6 is 11.6 Å². The van der Waals surface area contributed by atoms with Crippen molar-refractivity contribution in [1.29, 1.82) is 0 Å². The summed E-state index contributed by atoms with van der Waals surface area (Å²) in [7, 11) is 0. The number of fused-ring (bicyclic) bond motifs is 1. The molecule has 1 heterocycles. The molecule has 0 aliphatic heterocycles. The predicted octanol–water partition coefficient (Wildman–Crippen LogP) is 3.80. The highest BCUT2D eigenvalue weighted by Crippen LogP contribution is 2.32. The van der Waals surface area contributed by atoms with Gasteiger partial charge in [-0.25, -0.2) is 9.37 Å². The fourth-order valence-electron chi connectivity index (χ4n) is 1.80. The standard InChI is InChI=1S/C14H9ClFN3O/c15-10-7-8(16)5-6-12(10)20-13-9-3-1-2-4-11(9)18-14(17)19-13/h1-7H,(H2,17,18,19). The summed E-state index contributed by atoms with van der Waals surface area (Å²) < 4.78 is 18.6. The van der Waals surface area contributed by atoms with E-state index >= 15 is 0 Å². The SMILES string of the molecule is Nc1nc(Oc2ccc(F)cc2Cl)c2ccccc2n1. The summed E-state index contributed by atoms with van der Waals surface area (Å²) >= 11 is 5.93. The molecule has 0 bridgehead atoms. The van der Waals surface area contributed by atoms with Crippen molar-refractivity contribution in [1.82, 2.24) is 9.97 Å². The molecule has 0 spiro atoms. The van der Waals surface area contributed by atoms with Gasteiger partial charge in [-0.3, -0.25) is 0 Å². The van der Waals surface area contributed by atoms with Crippen LogP contribution in [-0.2, 0) is 0 Å². The highest BCUT2D eigenvalue weighted by Gasteiger charge is 2.10. The average Bonchev–Trinajstić information content (AvgIpc) is 2.41. The maximum atomic E-state index is 13.0. The number of halogens is 2. The van der Waals surface area contributed by atoms with Crippen LogP contribution in [0.25, 0.3) is 10.9 Å². The van der Waals surface area contributed by atoms with Crippen LogP contribution in [0.3, 0.4) is 0 Å². The number of hydrogen-bond donors (Lipinski definition) is 1. The Kier molecular flexibility index (Phi) is 3.12. The van der Waals surface area contributed by atoms with Crippen LogP contribution in [-0.4, -0.2) is 9.97 Å². The van der Waals surface area contributed by atoms with E-state index in [1.807, 2.05) is 18.2 Å². The van der Waals surface area contributed by atoms with E-state index in [0.717, 1.165) is 0 Å². The van der Waals surface area contributed by atoms with Crippen LogP contribution in [0.2, 0.25) is 5.02 Å². The number of nitrogens with zero attached hydrogens (tertiary/aromatic N) is 2. The minimum atomic E-state index is -0.436. The molecule has 0 unspecified atom stereocenters. The zero-order valence-electron chi connectivity index (χ0n) is 10.2. The number of ether oxygens (including phenoxy) is 1. The Morgan fingerprint density at radius 3 is 2.70 bits per heavy atom. The first-order valence-electron chi connectivity index (χ1n) is 5.78. The van der Waals surface area contributed by atoms with Crippen molar-refractivity contribution in [3.63, 3.8) is 0 Å². The average molecular weight is 290 g/mol. The van der Waals surface area contributed by atoms with Gasteiger partial charge in [-0.05, 0) is 30.3 Å². The lowest BCUT2D eigenvalue weighted by Crippen LogP contribution is -1.98. The molecule has 0 aliphatic carbocycles. The molecule has 2 aromatic carbocycles. The second-order valence-electron chi connectivity index (χ2n) is 4.08. The van der Waals surface area contributed by atoms with Gasteiger partial charge in [0.05, 0.1) is 15.9 Å². The topological polar surface area (TPSA) is 61.0 Å². The first-order chi connectivity index (χ1) is 9.63. The van der Waals surface area contributed by atoms with Crippen LogP contribution in [0.4, 0.5) is 10.3 Å². The molecule has 0 aliphatic rings. The third-order valence-electron chi connectivity index (χ3n) is 2.69. The largest absolute Gasteiger partial charge is 0.437 e. The smallest absolute Gasteiger partial charge is 0.232 e. The van der Waals surface area contributed by atoms with E-state index in [9.17, 15) is 4.39 Å². The highest BCUT2D eigenvalue weighted by atomic mass is 35.5. The Hall–Kier alpha value is -2.40. The minimum absolute atomic E-state index is 0.0944. The zero-order valence-corrected chi connectivity index (χ0v) is 10.9. The summed E-state index contributed by atoms with van der Waals surface area (Å²) in [5, 5.41) is 0.855. The van der Waals surface area contributed by atoms with Gasteiger partial charge in [-0.1, -0.05) is 23.7 Å². The Labute approximate surface area is 119 Å². The molecule has 100 valence electrons. The van der Waals surface area contributed by atoms with Gasteiger partial charge in [0.15, 0.2) is 0 Å². The summed E-state index contributed by atoms with van der Waals surface area (Å²) in [6, 6.07) is 11.1. The number of anilines is 1. The second kappa shape index (κ2) is 4.94. The van der Waals surface area contributed by atoms with Crippen LogP contribution in [0, 0.1) is 5.82 Å². The Balaban J connectivity index is 2.10. The maximum absolute atomic E-state index is 13.0. The van der Waals surface area contributed by atoms with E-state index < -0.39 is 5.82 Å². The van der Waals surface area contributed by atoms with Crippen LogP contribution < -0.4 is 10.5 Å². The number of rotatable bonds is 2. The molecule has 0 amide bonds. The van der Waals surface area contributed by atoms with Gasteiger partial charge in [-0.2, -0.15) is 4.98 Å². The maximum Gasteiger partial charge on any atom is 0.232 e. The van der Waals surface area contributed by atoms with Crippen molar-refractivity contribution in [2.24, 2.45) is 0 Å². The first kappa shape index (κ1) is 12.6. The molecule has 0 radical (unpaired) electrons. The van der Waals surface area contributed by atoms with Crippen molar-refractivity contribution >= 4 is 28.5 Å². The van der Waals surface area contributed by atoms with Crippen molar-refractivity contribution < 1.29 is 9.13 Å². The number of aromatic nitrogens is 2. The molecular weight excluding hydrogens is 281 g/mol. The van der Waals surface area contributed by atoms with Crippen LogP contribution in [0.15, 0.2) is 42.5 Å². The molecule has 1 aromatic heterocycles. The van der Waals surface area contributed by atoms with Crippen molar-refractivity contribution in [3.8, 4) is 11.6 Å². The first-order valence-corrected chi connectivity index (χ1v) is 6.16. The number of hydrogen-bond acceptors (Lipinski definition) is 4. The van der Waals surface area contributed by atoms with Gasteiger partial charge in [-0.15, -0.1) is 0 Å². The van der Waals surface area contributed by atoms with Gasteiger partial charge in [0.1, 0.15) is 11.6 Å². The molecule has 0 fully saturated rings. The molecule has 0 saturated carbocycles. The Morgan fingerprint density at radius 2 is 1.90 bits per heavy atom. The van der Waals surface area contributed by atoms with E-state index in [1.165, 1.54) is 18.2 Å². The lowest BCUT2D eigenvalue weighted by molar-refractivity contribution is 0.467. The fraction of sp³-hybridized carbons (Fsp3) is 0. The van der Waals surface area contributed by atoms with Gasteiger partial charge in [0, 0.05) is 0 Å². The molecular formula is C14H9ClFN3O. The van der Waals surface area contributed by atoms with Crippen molar-refractivity contribution in [2.75, 3.05) is 5.73 Å². The third kappa shape index (κ3) is 2.35. The molecule has 3 rings (SSSR count). The molecule has 2 N–H and O–H groups in total. The number of nitrogen functional groups attached to an aromatic ring is 1. The number of para-hydroxylation sites is 1. The van der Waals surface area contributed by atoms with Gasteiger partial charge < -0.3 is 10.5 Å². The minimum Gasteiger partial charge on any atom is -0.437 e. The van der Waals surface area contributed by atoms with Gasteiger partial charge >= 0.3 is 0 Å². The Bertz CT molecular complexity index is 794. The number of benzene rings is 2. The van der Waals surface area contributed by atoms with Gasteiger partial charge in [0.2, 0.25) is 11.8 Å². The molecule has 0 saturated heterocycles. The molecule has 0 atom stereocenters. The normalized spacial score (nSPS) is 10.7. The molecule has 6 heteroatoms. The molecule has 3 aromatic rings. The fourth-order valence-corrected chi connectivity index (χ4v) is 2.01. The molecule has 20 heavy (non-hydrogen) atoms. The summed E-state index contributed by atoms with van der Waals surface area (Å²) in [4.78, 5) is 8.16. The van der Waals surface area contributed by atoms with Crippen LogP contribution in [0.1, 0.15) is 0 Å². The predicted molar refractivity (Wildman–Crippen MR) is 75.4 cm³/mol. The van der Waals surface area contributed by atoms with E-state index in [-0.39, 0.29) is 16.9 Å². The van der Waals surface area contributed by atoms with Crippen LogP contribution in [0.5, 0.6) is 11.6 Å². The summed E-state index contributed by atoms with van der Waals surface area (Å²) in [6.45, 7) is 0. The van der Waals surface area contributed by atoms with E-state index in [4.69, 9.17) is 22.1 Å². The molecule has 4 nitrogen and oxygen atoms in total. The third-order valence-corrected chi connectivity index (χ3v) is 2.98. The second-order valence-corrected chi connectivity index (χ2v) is 4.49. The quantitative estimate of drug-likeness (QED) is 0.779. The highest BCUT2D eigenvalue weighted by molar-refractivity contribution is 6.32. The Morgan fingerprint density at radius 1 is 1.10 bits per heavy atom. The van der Waals surface area contributed by atoms with Gasteiger partial charge in [0.25, 0.3) is 0 Å². The van der Waals surface area contributed by atoms with Crippen molar-refractivity contribution in [2.45, 2.75) is 0 Å². The summed E-state index contributed by atoms with van der Waals surface area (Å²) in [5.41, 5.74) is 6.31. The summed E-state index contributed by atoms with van der Waals surface area (Å²) in [5.74, 6) is 0.240. The monoisotopic (exact) mass is 289 g/mol. The van der Waals surface area contributed by atoms with E-state index in [2.05, 4.69) is 9.97 Å². The zero-order chi connectivity index (χ0) is 14.1. The summed E-state index contributed by atoms with van der Waals surface area (Å²) in [6.07, 6.45) is 0. The van der Waals surface area contributed by atoms with E-state index in [0.29, 0.717) is 16.7 Å². The number of nitrogens with two attached hydrogens (primary N) is 1. The van der Waals surface area contributed by atoms with Crippen molar-refractivity contribution in [3.05, 3.63) is 53.3 Å².